The lowest BCUT2D eigenvalue weighted by Gasteiger charge is -2.14. The molecule has 0 N–H and O–H groups in total. The largest absolute Gasteiger partial charge is 0.457 e. The lowest BCUT2D eigenvalue weighted by molar-refractivity contribution is -0.385. The van der Waals surface area contributed by atoms with Crippen LogP contribution in [0.15, 0.2) is 57.9 Å². The zero-order valence-electron chi connectivity index (χ0n) is 16.5. The number of nitro groups is 1. The quantitative estimate of drug-likeness (QED) is 0.225. The van der Waals surface area contributed by atoms with Crippen LogP contribution in [-0.4, -0.2) is 21.0 Å². The van der Waals surface area contributed by atoms with E-state index in [9.17, 15) is 19.7 Å². The number of nitro benzene ring substituents is 1. The molecule has 162 valence electrons. The number of carbonyl (C=O) groups excluding carboxylic acids is 2. The van der Waals surface area contributed by atoms with E-state index in [1.165, 1.54) is 12.1 Å². The van der Waals surface area contributed by atoms with Crippen molar-refractivity contribution in [2.45, 2.75) is 13.5 Å². The second kappa shape index (κ2) is 8.82. The molecule has 0 atom stereocenters. The number of halogens is 2. The predicted octanol–water partition coefficient (Wildman–Crippen LogP) is 6.71. The number of amides is 2. The Kier molecular flexibility index (Phi) is 6.10. The Hall–Kier alpha value is -3.07. The summed E-state index contributed by atoms with van der Waals surface area (Å²) in [6, 6.07) is 13.0. The molecule has 1 aliphatic heterocycles. The molecular weight excluding hydrogens is 475 g/mol. The van der Waals surface area contributed by atoms with Gasteiger partial charge in [-0.1, -0.05) is 41.4 Å². The lowest BCUT2D eigenvalue weighted by atomic mass is 10.1. The summed E-state index contributed by atoms with van der Waals surface area (Å²) in [5.41, 5.74) is 1.54. The van der Waals surface area contributed by atoms with Gasteiger partial charge in [0.15, 0.2) is 0 Å². The van der Waals surface area contributed by atoms with Crippen molar-refractivity contribution in [3.05, 3.63) is 90.5 Å². The molecule has 3 aromatic rings. The third-order valence-electron chi connectivity index (χ3n) is 4.84. The normalized spacial score (nSPS) is 15.1. The van der Waals surface area contributed by atoms with E-state index in [-0.39, 0.29) is 17.1 Å². The third kappa shape index (κ3) is 4.29. The molecule has 0 saturated carbocycles. The summed E-state index contributed by atoms with van der Waals surface area (Å²) in [6.07, 6.45) is 1.46. The average Bonchev–Trinajstić information content (AvgIpc) is 3.30. The number of thioether (sulfide) groups is 1. The van der Waals surface area contributed by atoms with Crippen molar-refractivity contribution in [3.63, 3.8) is 0 Å². The Bertz CT molecular complexity index is 1280. The van der Waals surface area contributed by atoms with Gasteiger partial charge in [0, 0.05) is 38.9 Å². The maximum atomic E-state index is 12.8. The van der Waals surface area contributed by atoms with E-state index in [4.69, 9.17) is 27.6 Å². The van der Waals surface area contributed by atoms with Gasteiger partial charge in [0.2, 0.25) is 0 Å². The van der Waals surface area contributed by atoms with Gasteiger partial charge in [-0.25, -0.2) is 0 Å². The number of furan rings is 1. The molecule has 2 aromatic carbocycles. The van der Waals surface area contributed by atoms with Crippen LogP contribution in [0.5, 0.6) is 0 Å². The zero-order chi connectivity index (χ0) is 23.0. The van der Waals surface area contributed by atoms with E-state index in [1.807, 2.05) is 0 Å². The SMILES string of the molecule is Cc1ccc(-c2ccc(/C=C3/SC(=O)N(Cc4c(Cl)cccc4Cl)C3=O)o2)cc1[N+](=O)[O-]. The fourth-order valence-corrected chi connectivity index (χ4v) is 4.49. The van der Waals surface area contributed by atoms with E-state index < -0.39 is 16.1 Å². The lowest BCUT2D eigenvalue weighted by Crippen LogP contribution is -2.27. The molecule has 0 bridgehead atoms. The van der Waals surface area contributed by atoms with Crippen LogP contribution in [0.25, 0.3) is 17.4 Å². The van der Waals surface area contributed by atoms with Crippen molar-refractivity contribution in [3.8, 4) is 11.3 Å². The fraction of sp³-hybridized carbons (Fsp3) is 0.0909. The molecule has 7 nitrogen and oxygen atoms in total. The monoisotopic (exact) mass is 488 g/mol. The molecule has 1 aliphatic rings. The number of carbonyl (C=O) groups is 2. The first kappa shape index (κ1) is 22.1. The number of rotatable bonds is 5. The summed E-state index contributed by atoms with van der Waals surface area (Å²) in [5.74, 6) is 0.255. The standard InChI is InChI=1S/C22H14Cl2N2O5S/c1-12-5-6-13(9-18(12)26(29)30)19-8-7-14(31-19)10-20-21(27)25(22(28)32-20)11-15-16(23)3-2-4-17(15)24/h2-10H,11H2,1H3/b20-10+. The summed E-state index contributed by atoms with van der Waals surface area (Å²) >= 11 is 13.1. The molecule has 0 radical (unpaired) electrons. The topological polar surface area (TPSA) is 93.7 Å². The Labute approximate surface area is 196 Å². The molecule has 10 heteroatoms. The van der Waals surface area contributed by atoms with Gasteiger partial charge in [0.05, 0.1) is 16.4 Å². The maximum Gasteiger partial charge on any atom is 0.293 e. The maximum absolute atomic E-state index is 12.8. The summed E-state index contributed by atoms with van der Waals surface area (Å²) in [5, 5.41) is 11.5. The van der Waals surface area contributed by atoms with Gasteiger partial charge in [0.25, 0.3) is 16.8 Å². The van der Waals surface area contributed by atoms with Crippen molar-refractivity contribution in [2.75, 3.05) is 0 Å². The summed E-state index contributed by atoms with van der Waals surface area (Å²) in [4.78, 5) is 37.2. The number of nitrogens with zero attached hydrogens (tertiary/aromatic N) is 2. The fourth-order valence-electron chi connectivity index (χ4n) is 3.15. The highest BCUT2D eigenvalue weighted by atomic mass is 35.5. The van der Waals surface area contributed by atoms with E-state index in [0.717, 1.165) is 16.7 Å². The molecular formula is C22H14Cl2N2O5S. The molecule has 0 aliphatic carbocycles. The van der Waals surface area contributed by atoms with Crippen LogP contribution < -0.4 is 0 Å². The summed E-state index contributed by atoms with van der Waals surface area (Å²) in [6.45, 7) is 1.61. The number of imide groups is 1. The number of aryl methyl sites for hydroxylation is 1. The molecule has 2 heterocycles. The van der Waals surface area contributed by atoms with Crippen LogP contribution in [0.4, 0.5) is 10.5 Å². The van der Waals surface area contributed by atoms with Gasteiger partial charge in [0.1, 0.15) is 11.5 Å². The van der Waals surface area contributed by atoms with E-state index in [0.29, 0.717) is 38.3 Å². The highest BCUT2D eigenvalue weighted by molar-refractivity contribution is 8.18. The first-order valence-electron chi connectivity index (χ1n) is 9.28. The van der Waals surface area contributed by atoms with Crippen LogP contribution in [0.3, 0.4) is 0 Å². The molecule has 1 saturated heterocycles. The van der Waals surface area contributed by atoms with Crippen molar-refractivity contribution < 1.29 is 18.9 Å². The Morgan fingerprint density at radius 3 is 2.53 bits per heavy atom. The molecule has 0 spiro atoms. The van der Waals surface area contributed by atoms with Crippen LogP contribution in [0.1, 0.15) is 16.9 Å². The molecule has 1 fully saturated rings. The minimum Gasteiger partial charge on any atom is -0.457 e. The molecule has 32 heavy (non-hydrogen) atoms. The highest BCUT2D eigenvalue weighted by Crippen LogP contribution is 2.36. The van der Waals surface area contributed by atoms with Crippen LogP contribution >= 0.6 is 35.0 Å². The Morgan fingerprint density at radius 1 is 1.12 bits per heavy atom. The van der Waals surface area contributed by atoms with Crippen molar-refractivity contribution in [2.24, 2.45) is 0 Å². The first-order valence-corrected chi connectivity index (χ1v) is 10.9. The summed E-state index contributed by atoms with van der Waals surface area (Å²) in [7, 11) is 0. The first-order chi connectivity index (χ1) is 15.2. The number of hydrogen-bond acceptors (Lipinski definition) is 6. The number of benzene rings is 2. The predicted molar refractivity (Wildman–Crippen MR) is 124 cm³/mol. The average molecular weight is 489 g/mol. The van der Waals surface area contributed by atoms with Crippen LogP contribution in [-0.2, 0) is 11.3 Å². The van der Waals surface area contributed by atoms with E-state index in [1.54, 1.807) is 49.4 Å². The smallest absolute Gasteiger partial charge is 0.293 e. The Morgan fingerprint density at radius 2 is 1.84 bits per heavy atom. The second-order valence-corrected chi connectivity index (χ2v) is 8.74. The third-order valence-corrected chi connectivity index (χ3v) is 6.46. The van der Waals surface area contributed by atoms with Crippen molar-refractivity contribution >= 4 is 57.9 Å². The van der Waals surface area contributed by atoms with Gasteiger partial charge in [-0.05, 0) is 43.0 Å². The zero-order valence-corrected chi connectivity index (χ0v) is 18.8. The summed E-state index contributed by atoms with van der Waals surface area (Å²) < 4.78 is 5.74. The van der Waals surface area contributed by atoms with Crippen molar-refractivity contribution in [1.82, 2.24) is 4.90 Å². The molecule has 2 amide bonds. The van der Waals surface area contributed by atoms with Gasteiger partial charge in [-0.15, -0.1) is 0 Å². The van der Waals surface area contributed by atoms with E-state index >= 15 is 0 Å². The second-order valence-electron chi connectivity index (χ2n) is 6.93. The minimum atomic E-state index is -0.486. The van der Waals surface area contributed by atoms with Crippen LogP contribution in [0.2, 0.25) is 10.0 Å². The van der Waals surface area contributed by atoms with Crippen molar-refractivity contribution in [1.29, 1.82) is 0 Å². The van der Waals surface area contributed by atoms with Gasteiger partial charge >= 0.3 is 0 Å². The highest BCUT2D eigenvalue weighted by Gasteiger charge is 2.36. The minimum absolute atomic E-state index is 0.0141. The van der Waals surface area contributed by atoms with Crippen LogP contribution in [0, 0.1) is 17.0 Å². The molecule has 0 unspecified atom stereocenters. The number of hydrogen-bond donors (Lipinski definition) is 0. The van der Waals surface area contributed by atoms with Gasteiger partial charge in [-0.2, -0.15) is 0 Å². The van der Waals surface area contributed by atoms with E-state index in [2.05, 4.69) is 0 Å². The van der Waals surface area contributed by atoms with Gasteiger partial charge in [-0.3, -0.25) is 24.6 Å². The molecule has 4 rings (SSSR count). The Balaban J connectivity index is 1.57. The molecule has 1 aromatic heterocycles. The van der Waals surface area contributed by atoms with Gasteiger partial charge < -0.3 is 4.42 Å².